The highest BCUT2D eigenvalue weighted by atomic mass is 35.5. The van der Waals surface area contributed by atoms with Gasteiger partial charge in [0, 0.05) is 11.6 Å². The number of benzene rings is 1. The minimum absolute atomic E-state index is 0.125. The lowest BCUT2D eigenvalue weighted by Gasteiger charge is -2.37. The van der Waals surface area contributed by atoms with Gasteiger partial charge in [-0.05, 0) is 31.0 Å². The average Bonchev–Trinajstić information content (AvgIpc) is 2.38. The lowest BCUT2D eigenvalue weighted by Crippen LogP contribution is -2.57. The molecule has 0 aromatic heterocycles. The number of nitrogens with two attached hydrogens (primary N) is 1. The number of carbonyl (C=O) groups excluding carboxylic acids is 2. The van der Waals surface area contributed by atoms with Crippen LogP contribution in [0.5, 0.6) is 0 Å². The maximum Gasteiger partial charge on any atom is 0.255 e. The summed E-state index contributed by atoms with van der Waals surface area (Å²) in [5.41, 5.74) is 3.79. The number of hydrogen-bond acceptors (Lipinski definition) is 3. The van der Waals surface area contributed by atoms with Gasteiger partial charge in [0.05, 0.1) is 17.1 Å². The minimum Gasteiger partial charge on any atom is -0.378 e. The van der Waals surface area contributed by atoms with E-state index in [9.17, 15) is 14.7 Å². The normalized spacial score (nSPS) is 22.6. The van der Waals surface area contributed by atoms with Gasteiger partial charge in [-0.3, -0.25) is 9.59 Å². The summed E-state index contributed by atoms with van der Waals surface area (Å²) in [5, 5.41) is 10.8. The first-order valence-electron chi connectivity index (χ1n) is 6.10. The Morgan fingerprint density at radius 1 is 1.35 bits per heavy atom. The fourth-order valence-corrected chi connectivity index (χ4v) is 2.73. The van der Waals surface area contributed by atoms with Crippen molar-refractivity contribution < 1.29 is 14.7 Å². The number of piperidine rings is 1. The average molecular weight is 317 g/mol. The number of rotatable bonds is 2. The standard InChI is InChI=1S/C13H14Cl2N2O3/c14-8-2-3-9(10(15)6-8)11(18)17-5-1-4-13(20,7-17)12(16)19/h2-3,6,20H,1,4-5,7H2,(H2,16,19). The van der Waals surface area contributed by atoms with Crippen LogP contribution in [0.2, 0.25) is 10.0 Å². The number of carbonyl (C=O) groups is 2. The minimum atomic E-state index is -1.67. The Morgan fingerprint density at radius 2 is 2.05 bits per heavy atom. The molecule has 1 aromatic carbocycles. The van der Waals surface area contributed by atoms with Crippen LogP contribution in [0.25, 0.3) is 0 Å². The molecule has 20 heavy (non-hydrogen) atoms. The molecule has 108 valence electrons. The van der Waals surface area contributed by atoms with Crippen molar-refractivity contribution in [2.45, 2.75) is 18.4 Å². The van der Waals surface area contributed by atoms with Crippen molar-refractivity contribution in [2.24, 2.45) is 5.73 Å². The lowest BCUT2D eigenvalue weighted by atomic mass is 9.92. The summed E-state index contributed by atoms with van der Waals surface area (Å²) < 4.78 is 0. The predicted octanol–water partition coefficient (Wildman–Crippen LogP) is 1.45. The molecule has 1 saturated heterocycles. The molecule has 1 heterocycles. The Labute approximate surface area is 126 Å². The quantitative estimate of drug-likeness (QED) is 0.866. The molecule has 1 atom stereocenters. The van der Waals surface area contributed by atoms with E-state index in [1.54, 1.807) is 6.07 Å². The van der Waals surface area contributed by atoms with Crippen molar-refractivity contribution in [3.05, 3.63) is 33.8 Å². The van der Waals surface area contributed by atoms with Crippen LogP contribution in [0, 0.1) is 0 Å². The molecule has 1 aliphatic rings. The molecule has 0 bridgehead atoms. The zero-order chi connectivity index (χ0) is 14.9. The van der Waals surface area contributed by atoms with Crippen molar-refractivity contribution in [3.63, 3.8) is 0 Å². The third-order valence-electron chi connectivity index (χ3n) is 3.38. The Kier molecular flexibility index (Phi) is 4.22. The summed E-state index contributed by atoms with van der Waals surface area (Å²) in [6.07, 6.45) is 0.747. The van der Waals surface area contributed by atoms with Gasteiger partial charge >= 0.3 is 0 Å². The van der Waals surface area contributed by atoms with Crippen molar-refractivity contribution in [3.8, 4) is 0 Å². The summed E-state index contributed by atoms with van der Waals surface area (Å²) in [6, 6.07) is 4.55. The van der Waals surface area contributed by atoms with E-state index in [1.807, 2.05) is 0 Å². The number of nitrogens with zero attached hydrogens (tertiary/aromatic N) is 1. The third-order valence-corrected chi connectivity index (χ3v) is 3.93. The van der Waals surface area contributed by atoms with E-state index in [4.69, 9.17) is 28.9 Å². The number of primary amides is 1. The van der Waals surface area contributed by atoms with Crippen LogP contribution < -0.4 is 5.73 Å². The number of halogens is 2. The van der Waals surface area contributed by atoms with E-state index in [2.05, 4.69) is 0 Å². The van der Waals surface area contributed by atoms with Gasteiger partial charge < -0.3 is 15.7 Å². The number of β-amino-alcohol motifs (C(OH)–C–C–N with tert-alkyl or cyclic N) is 1. The van der Waals surface area contributed by atoms with Crippen LogP contribution >= 0.6 is 23.2 Å². The third kappa shape index (κ3) is 2.90. The van der Waals surface area contributed by atoms with E-state index in [1.165, 1.54) is 17.0 Å². The van der Waals surface area contributed by atoms with Crippen molar-refractivity contribution in [2.75, 3.05) is 13.1 Å². The maximum atomic E-state index is 12.4. The number of likely N-dealkylation sites (tertiary alicyclic amines) is 1. The molecule has 2 rings (SSSR count). The van der Waals surface area contributed by atoms with Gasteiger partial charge in [-0.1, -0.05) is 23.2 Å². The predicted molar refractivity (Wildman–Crippen MR) is 75.7 cm³/mol. The fraction of sp³-hybridized carbons (Fsp3) is 0.385. The molecule has 0 aliphatic carbocycles. The number of hydrogen-bond donors (Lipinski definition) is 2. The largest absolute Gasteiger partial charge is 0.378 e. The Bertz CT molecular complexity index is 565. The van der Waals surface area contributed by atoms with Crippen LogP contribution in [0.3, 0.4) is 0 Å². The molecular weight excluding hydrogens is 303 g/mol. The van der Waals surface area contributed by atoms with Crippen LogP contribution in [0.1, 0.15) is 23.2 Å². The smallest absolute Gasteiger partial charge is 0.255 e. The van der Waals surface area contributed by atoms with E-state index in [-0.39, 0.29) is 29.5 Å². The van der Waals surface area contributed by atoms with Gasteiger partial charge in [-0.15, -0.1) is 0 Å². The fourth-order valence-electron chi connectivity index (χ4n) is 2.24. The van der Waals surface area contributed by atoms with Gasteiger partial charge in [0.25, 0.3) is 11.8 Å². The van der Waals surface area contributed by atoms with Gasteiger partial charge in [-0.25, -0.2) is 0 Å². The molecule has 0 radical (unpaired) electrons. The first kappa shape index (κ1) is 15.1. The number of amides is 2. The van der Waals surface area contributed by atoms with E-state index < -0.39 is 11.5 Å². The van der Waals surface area contributed by atoms with Crippen LogP contribution in [-0.4, -0.2) is 40.5 Å². The summed E-state index contributed by atoms with van der Waals surface area (Å²) >= 11 is 11.8. The zero-order valence-corrected chi connectivity index (χ0v) is 12.1. The molecule has 3 N–H and O–H groups in total. The molecule has 7 heteroatoms. The van der Waals surface area contributed by atoms with E-state index in [0.29, 0.717) is 18.0 Å². The van der Waals surface area contributed by atoms with Crippen molar-refractivity contribution in [1.29, 1.82) is 0 Å². The highest BCUT2D eigenvalue weighted by Crippen LogP contribution is 2.26. The summed E-state index contributed by atoms with van der Waals surface area (Å²) in [5.74, 6) is -1.18. The second-order valence-electron chi connectivity index (χ2n) is 4.85. The van der Waals surface area contributed by atoms with Gasteiger partial charge in [0.15, 0.2) is 5.60 Å². The van der Waals surface area contributed by atoms with E-state index in [0.717, 1.165) is 0 Å². The molecule has 0 saturated carbocycles. The van der Waals surface area contributed by atoms with Crippen molar-refractivity contribution in [1.82, 2.24) is 4.90 Å². The maximum absolute atomic E-state index is 12.4. The second kappa shape index (κ2) is 5.60. The highest BCUT2D eigenvalue weighted by molar-refractivity contribution is 6.36. The van der Waals surface area contributed by atoms with Crippen LogP contribution in [0.15, 0.2) is 18.2 Å². The molecule has 1 fully saturated rings. The van der Waals surface area contributed by atoms with Crippen LogP contribution in [0.4, 0.5) is 0 Å². The molecule has 1 aliphatic heterocycles. The first-order chi connectivity index (χ1) is 9.33. The summed E-state index contributed by atoms with van der Waals surface area (Å²) in [7, 11) is 0. The van der Waals surface area contributed by atoms with E-state index >= 15 is 0 Å². The van der Waals surface area contributed by atoms with Crippen LogP contribution in [-0.2, 0) is 4.79 Å². The summed E-state index contributed by atoms with van der Waals surface area (Å²) in [6.45, 7) is 0.313. The first-order valence-corrected chi connectivity index (χ1v) is 6.86. The monoisotopic (exact) mass is 316 g/mol. The van der Waals surface area contributed by atoms with Gasteiger partial charge in [0.2, 0.25) is 0 Å². The molecular formula is C13H14Cl2N2O3. The van der Waals surface area contributed by atoms with Crippen molar-refractivity contribution >= 4 is 35.0 Å². The molecule has 1 unspecified atom stereocenters. The zero-order valence-electron chi connectivity index (χ0n) is 10.6. The number of aliphatic hydroxyl groups is 1. The second-order valence-corrected chi connectivity index (χ2v) is 5.69. The van der Waals surface area contributed by atoms with Gasteiger partial charge in [0.1, 0.15) is 0 Å². The highest BCUT2D eigenvalue weighted by Gasteiger charge is 2.40. The molecule has 5 nitrogen and oxygen atoms in total. The lowest BCUT2D eigenvalue weighted by molar-refractivity contribution is -0.140. The Morgan fingerprint density at radius 3 is 2.65 bits per heavy atom. The summed E-state index contributed by atoms with van der Waals surface area (Å²) in [4.78, 5) is 25.0. The molecule has 1 aromatic rings. The molecule has 0 spiro atoms. The topological polar surface area (TPSA) is 83.6 Å². The van der Waals surface area contributed by atoms with Gasteiger partial charge in [-0.2, -0.15) is 0 Å². The molecule has 2 amide bonds. The SMILES string of the molecule is NC(=O)C1(O)CCCN(C(=O)c2ccc(Cl)cc2Cl)C1. The Hall–Kier alpha value is -1.30. The Balaban J connectivity index is 2.23.